The van der Waals surface area contributed by atoms with E-state index in [0.717, 1.165) is 55.8 Å². The molecular formula is C21H22N6OS. The molecule has 7 nitrogen and oxygen atoms in total. The quantitative estimate of drug-likeness (QED) is 0.694. The third kappa shape index (κ3) is 3.68. The van der Waals surface area contributed by atoms with Gasteiger partial charge < -0.3 is 20.4 Å². The number of aromatic nitrogens is 2. The van der Waals surface area contributed by atoms with Crippen LogP contribution in [0.25, 0.3) is 0 Å². The second-order valence-corrected chi connectivity index (χ2v) is 8.06. The molecule has 0 unspecified atom stereocenters. The molecule has 5 rings (SSSR count). The summed E-state index contributed by atoms with van der Waals surface area (Å²) in [6.45, 7) is 5.34. The van der Waals surface area contributed by atoms with Gasteiger partial charge >= 0.3 is 0 Å². The van der Waals surface area contributed by atoms with Crippen molar-refractivity contribution in [3.05, 3.63) is 64.9 Å². The van der Waals surface area contributed by atoms with Gasteiger partial charge in [0.05, 0.1) is 11.4 Å². The van der Waals surface area contributed by atoms with Crippen molar-refractivity contribution in [1.82, 2.24) is 15.3 Å². The van der Waals surface area contributed by atoms with E-state index in [1.807, 2.05) is 42.0 Å². The van der Waals surface area contributed by atoms with Gasteiger partial charge in [0, 0.05) is 57.0 Å². The van der Waals surface area contributed by atoms with Crippen LogP contribution in [0.4, 0.5) is 16.5 Å². The first-order valence-electron chi connectivity index (χ1n) is 9.76. The summed E-state index contributed by atoms with van der Waals surface area (Å²) in [6.07, 6.45) is 3.72. The second kappa shape index (κ2) is 7.81. The third-order valence-electron chi connectivity index (χ3n) is 5.33. The number of carbonyl (C=O) groups is 1. The highest BCUT2D eigenvalue weighted by Gasteiger charge is 2.23. The van der Waals surface area contributed by atoms with E-state index in [4.69, 9.17) is 0 Å². The van der Waals surface area contributed by atoms with Crippen molar-refractivity contribution in [3.8, 4) is 0 Å². The zero-order valence-corrected chi connectivity index (χ0v) is 16.8. The van der Waals surface area contributed by atoms with Crippen LogP contribution in [-0.4, -0.2) is 42.1 Å². The van der Waals surface area contributed by atoms with Crippen LogP contribution in [0.2, 0.25) is 0 Å². The molecule has 1 amide bonds. The molecule has 1 fully saturated rings. The maximum atomic E-state index is 12.9. The molecule has 2 aliphatic heterocycles. The van der Waals surface area contributed by atoms with Gasteiger partial charge in [0.15, 0.2) is 5.13 Å². The number of hydrogen-bond acceptors (Lipinski definition) is 7. The Kier molecular flexibility index (Phi) is 4.87. The topological polar surface area (TPSA) is 73.4 Å². The Morgan fingerprint density at radius 3 is 2.76 bits per heavy atom. The van der Waals surface area contributed by atoms with E-state index in [2.05, 4.69) is 36.5 Å². The average Bonchev–Trinajstić information content (AvgIpc) is 3.42. The van der Waals surface area contributed by atoms with Gasteiger partial charge in [-0.2, -0.15) is 0 Å². The van der Waals surface area contributed by atoms with E-state index >= 15 is 0 Å². The number of carbonyl (C=O) groups excluding carboxylic acids is 1. The molecule has 2 aromatic heterocycles. The largest absolute Gasteiger partial charge is 0.367 e. The Bertz CT molecular complexity index is 1000. The molecule has 8 heteroatoms. The number of hydrogen-bond donors (Lipinski definition) is 2. The Hall–Kier alpha value is -2.97. The lowest BCUT2D eigenvalue weighted by Gasteiger charge is -2.31. The van der Waals surface area contributed by atoms with E-state index in [-0.39, 0.29) is 5.91 Å². The Balaban J connectivity index is 1.30. The predicted octanol–water partition coefficient (Wildman–Crippen LogP) is 2.72. The van der Waals surface area contributed by atoms with Crippen molar-refractivity contribution in [2.75, 3.05) is 41.3 Å². The average molecular weight is 407 g/mol. The maximum absolute atomic E-state index is 12.9. The number of thiazole rings is 1. The molecule has 0 radical (unpaired) electrons. The second-order valence-electron chi connectivity index (χ2n) is 7.22. The molecule has 1 aromatic carbocycles. The van der Waals surface area contributed by atoms with Gasteiger partial charge in [0.25, 0.3) is 5.91 Å². The normalized spacial score (nSPS) is 16.0. The molecular weight excluding hydrogens is 384 g/mol. The van der Waals surface area contributed by atoms with Crippen molar-refractivity contribution >= 4 is 33.8 Å². The van der Waals surface area contributed by atoms with E-state index in [1.165, 1.54) is 22.5 Å². The molecule has 0 spiro atoms. The first-order chi connectivity index (χ1) is 14.3. The summed E-state index contributed by atoms with van der Waals surface area (Å²) in [4.78, 5) is 26.1. The molecule has 0 atom stereocenters. The van der Waals surface area contributed by atoms with Crippen LogP contribution in [-0.2, 0) is 13.1 Å². The summed E-state index contributed by atoms with van der Waals surface area (Å²) < 4.78 is 0. The molecule has 2 N–H and O–H groups in total. The maximum Gasteiger partial charge on any atom is 0.275 e. The predicted molar refractivity (Wildman–Crippen MR) is 116 cm³/mol. The van der Waals surface area contributed by atoms with Crippen molar-refractivity contribution in [1.29, 1.82) is 0 Å². The van der Waals surface area contributed by atoms with Crippen molar-refractivity contribution in [3.63, 3.8) is 0 Å². The van der Waals surface area contributed by atoms with Crippen LogP contribution < -0.4 is 20.4 Å². The molecule has 1 saturated heterocycles. The highest BCUT2D eigenvalue weighted by molar-refractivity contribution is 7.13. The van der Waals surface area contributed by atoms with Gasteiger partial charge in [-0.25, -0.2) is 4.98 Å². The molecule has 3 aromatic rings. The Labute approximate surface area is 173 Å². The van der Waals surface area contributed by atoms with Crippen LogP contribution in [0.1, 0.15) is 21.6 Å². The molecule has 4 heterocycles. The third-order valence-corrected chi connectivity index (χ3v) is 6.23. The number of benzene rings is 1. The van der Waals surface area contributed by atoms with E-state index in [0.29, 0.717) is 5.69 Å². The summed E-state index contributed by atoms with van der Waals surface area (Å²) in [5, 5.41) is 9.12. The molecule has 0 bridgehead atoms. The number of piperazine rings is 1. The fraction of sp³-hybridized carbons (Fsp3) is 0.286. The SMILES string of the molecule is O=C(Nc1ccccc1N1CCNCC1)c1csc(N2Cc3ccncc3C2)n1. The number of fused-ring (bicyclic) bond motifs is 1. The fourth-order valence-corrected chi connectivity index (χ4v) is 4.62. The number of pyridine rings is 1. The summed E-state index contributed by atoms with van der Waals surface area (Å²) in [5.41, 5.74) is 4.83. The summed E-state index contributed by atoms with van der Waals surface area (Å²) >= 11 is 1.50. The van der Waals surface area contributed by atoms with Crippen LogP contribution in [0.3, 0.4) is 0 Å². The molecule has 0 aliphatic carbocycles. The minimum atomic E-state index is -0.173. The van der Waals surface area contributed by atoms with Gasteiger partial charge in [-0.15, -0.1) is 11.3 Å². The van der Waals surface area contributed by atoms with Crippen molar-refractivity contribution in [2.24, 2.45) is 0 Å². The van der Waals surface area contributed by atoms with Crippen LogP contribution in [0, 0.1) is 0 Å². The molecule has 148 valence electrons. The van der Waals surface area contributed by atoms with Gasteiger partial charge in [0.1, 0.15) is 5.69 Å². The van der Waals surface area contributed by atoms with Crippen molar-refractivity contribution < 1.29 is 4.79 Å². The minimum absolute atomic E-state index is 0.173. The van der Waals surface area contributed by atoms with Crippen LogP contribution >= 0.6 is 11.3 Å². The number of rotatable bonds is 4. The smallest absolute Gasteiger partial charge is 0.275 e. The lowest BCUT2D eigenvalue weighted by Crippen LogP contribution is -2.43. The Morgan fingerprint density at radius 1 is 1.07 bits per heavy atom. The van der Waals surface area contributed by atoms with Gasteiger partial charge in [-0.05, 0) is 29.3 Å². The van der Waals surface area contributed by atoms with Gasteiger partial charge in [0.2, 0.25) is 0 Å². The monoisotopic (exact) mass is 406 g/mol. The van der Waals surface area contributed by atoms with Crippen LogP contribution in [0.15, 0.2) is 48.1 Å². The number of amides is 1. The first-order valence-corrected chi connectivity index (χ1v) is 10.6. The lowest BCUT2D eigenvalue weighted by atomic mass is 10.2. The molecule has 2 aliphatic rings. The van der Waals surface area contributed by atoms with Gasteiger partial charge in [-0.3, -0.25) is 9.78 Å². The Morgan fingerprint density at radius 2 is 1.90 bits per heavy atom. The fourth-order valence-electron chi connectivity index (χ4n) is 3.82. The number of anilines is 3. The van der Waals surface area contributed by atoms with E-state index in [9.17, 15) is 4.79 Å². The van der Waals surface area contributed by atoms with Crippen LogP contribution in [0.5, 0.6) is 0 Å². The zero-order chi connectivity index (χ0) is 19.6. The molecule has 29 heavy (non-hydrogen) atoms. The number of nitrogens with zero attached hydrogens (tertiary/aromatic N) is 4. The van der Waals surface area contributed by atoms with Gasteiger partial charge in [-0.1, -0.05) is 12.1 Å². The van der Waals surface area contributed by atoms with Crippen molar-refractivity contribution in [2.45, 2.75) is 13.1 Å². The summed E-state index contributed by atoms with van der Waals surface area (Å²) in [5.74, 6) is -0.173. The molecule has 0 saturated carbocycles. The summed E-state index contributed by atoms with van der Waals surface area (Å²) in [7, 11) is 0. The number of para-hydroxylation sites is 2. The summed E-state index contributed by atoms with van der Waals surface area (Å²) in [6, 6.07) is 10.0. The highest BCUT2D eigenvalue weighted by Crippen LogP contribution is 2.31. The first kappa shape index (κ1) is 18.1. The standard InChI is InChI=1S/C21H22N6OS/c28-20(24-17-3-1-2-4-19(17)26-9-7-22-8-10-26)18-14-29-21(25-18)27-12-15-5-6-23-11-16(15)13-27/h1-6,11,14,22H,7-10,12-13H2,(H,24,28). The van der Waals surface area contributed by atoms with E-state index < -0.39 is 0 Å². The minimum Gasteiger partial charge on any atom is -0.367 e. The lowest BCUT2D eigenvalue weighted by molar-refractivity contribution is 0.102. The highest BCUT2D eigenvalue weighted by atomic mass is 32.1. The number of nitrogens with one attached hydrogen (secondary N) is 2. The van der Waals surface area contributed by atoms with E-state index in [1.54, 1.807) is 0 Å². The zero-order valence-electron chi connectivity index (χ0n) is 16.0.